The number of aryl methyl sites for hydroxylation is 2. The third-order valence-electron chi connectivity index (χ3n) is 3.41. The standard InChI is InChI=1S/C11H18N4O2/c1-7-4-5-9(6-7)12-11-10(15(16)17)8(2)13-14(11)3/h7,9,12H,4-6H2,1-3H3. The van der Waals surface area contributed by atoms with Gasteiger partial charge in [-0.1, -0.05) is 6.92 Å². The molecule has 6 nitrogen and oxygen atoms in total. The average molecular weight is 238 g/mol. The van der Waals surface area contributed by atoms with E-state index in [-0.39, 0.29) is 10.6 Å². The molecule has 0 aliphatic heterocycles. The Kier molecular flexibility index (Phi) is 3.04. The second-order valence-corrected chi connectivity index (χ2v) is 4.92. The fourth-order valence-electron chi connectivity index (χ4n) is 2.56. The topological polar surface area (TPSA) is 73.0 Å². The van der Waals surface area contributed by atoms with Gasteiger partial charge in [0.2, 0.25) is 5.82 Å². The first-order chi connectivity index (χ1) is 7.99. The van der Waals surface area contributed by atoms with Crippen LogP contribution in [0.4, 0.5) is 11.5 Å². The van der Waals surface area contributed by atoms with Gasteiger partial charge in [0.05, 0.1) is 4.92 Å². The van der Waals surface area contributed by atoms with Crippen LogP contribution in [-0.4, -0.2) is 20.7 Å². The molecule has 17 heavy (non-hydrogen) atoms. The Morgan fingerprint density at radius 3 is 2.76 bits per heavy atom. The molecule has 2 rings (SSSR count). The molecule has 0 saturated heterocycles. The summed E-state index contributed by atoms with van der Waals surface area (Å²) < 4.78 is 1.57. The van der Waals surface area contributed by atoms with Crippen molar-refractivity contribution in [2.24, 2.45) is 13.0 Å². The number of hydrogen-bond acceptors (Lipinski definition) is 4. The van der Waals surface area contributed by atoms with Crippen LogP contribution in [0.15, 0.2) is 0 Å². The largest absolute Gasteiger partial charge is 0.362 e. The SMILES string of the molecule is Cc1nn(C)c(NC2CCC(C)C2)c1[N+](=O)[O-]. The number of nitrogens with one attached hydrogen (secondary N) is 1. The van der Waals surface area contributed by atoms with Gasteiger partial charge in [0.15, 0.2) is 0 Å². The Hall–Kier alpha value is -1.59. The molecule has 1 aromatic heterocycles. The second kappa shape index (κ2) is 4.35. The molecule has 1 N–H and O–H groups in total. The first-order valence-electron chi connectivity index (χ1n) is 5.93. The molecule has 2 unspecified atom stereocenters. The van der Waals surface area contributed by atoms with Crippen LogP contribution >= 0.6 is 0 Å². The van der Waals surface area contributed by atoms with Gasteiger partial charge in [-0.05, 0) is 32.1 Å². The van der Waals surface area contributed by atoms with Crippen LogP contribution in [0.3, 0.4) is 0 Å². The third kappa shape index (κ3) is 2.25. The van der Waals surface area contributed by atoms with Crippen molar-refractivity contribution in [2.45, 2.75) is 39.2 Å². The van der Waals surface area contributed by atoms with Crippen LogP contribution in [-0.2, 0) is 7.05 Å². The minimum absolute atomic E-state index is 0.104. The molecule has 1 aromatic rings. The number of hydrogen-bond donors (Lipinski definition) is 1. The highest BCUT2D eigenvalue weighted by Crippen LogP contribution is 2.32. The molecule has 0 spiro atoms. The zero-order valence-corrected chi connectivity index (χ0v) is 10.4. The predicted molar refractivity (Wildman–Crippen MR) is 65.0 cm³/mol. The van der Waals surface area contributed by atoms with Crippen LogP contribution in [0.2, 0.25) is 0 Å². The van der Waals surface area contributed by atoms with E-state index in [1.807, 2.05) is 0 Å². The maximum absolute atomic E-state index is 11.0. The number of aromatic nitrogens is 2. The Labute approximate surface area is 100 Å². The summed E-state index contributed by atoms with van der Waals surface area (Å²) in [4.78, 5) is 10.6. The van der Waals surface area contributed by atoms with Crippen molar-refractivity contribution in [3.63, 3.8) is 0 Å². The molecule has 1 heterocycles. The highest BCUT2D eigenvalue weighted by atomic mass is 16.6. The molecule has 0 radical (unpaired) electrons. The van der Waals surface area contributed by atoms with Crippen molar-refractivity contribution in [3.05, 3.63) is 15.8 Å². The maximum atomic E-state index is 11.0. The van der Waals surface area contributed by atoms with Crippen LogP contribution in [0.25, 0.3) is 0 Å². The quantitative estimate of drug-likeness (QED) is 0.647. The van der Waals surface area contributed by atoms with Gasteiger partial charge in [0.1, 0.15) is 5.69 Å². The lowest BCUT2D eigenvalue weighted by molar-refractivity contribution is -0.384. The lowest BCUT2D eigenvalue weighted by Gasteiger charge is -2.13. The smallest absolute Gasteiger partial charge is 0.333 e. The molecular formula is C11H18N4O2. The molecule has 1 fully saturated rings. The maximum Gasteiger partial charge on any atom is 0.333 e. The molecule has 0 amide bonds. The van der Waals surface area contributed by atoms with Gasteiger partial charge in [-0.25, -0.2) is 4.68 Å². The number of rotatable bonds is 3. The summed E-state index contributed by atoms with van der Waals surface area (Å²) >= 11 is 0. The third-order valence-corrected chi connectivity index (χ3v) is 3.41. The molecule has 0 bridgehead atoms. The van der Waals surface area contributed by atoms with E-state index >= 15 is 0 Å². The van der Waals surface area contributed by atoms with E-state index < -0.39 is 0 Å². The highest BCUT2D eigenvalue weighted by molar-refractivity contribution is 5.59. The van der Waals surface area contributed by atoms with Crippen LogP contribution < -0.4 is 5.32 Å². The van der Waals surface area contributed by atoms with Gasteiger partial charge in [-0.2, -0.15) is 5.10 Å². The van der Waals surface area contributed by atoms with E-state index in [9.17, 15) is 10.1 Å². The van der Waals surface area contributed by atoms with Crippen molar-refractivity contribution in [3.8, 4) is 0 Å². The molecule has 94 valence electrons. The lowest BCUT2D eigenvalue weighted by atomic mass is 10.1. The molecule has 1 aliphatic rings. The Bertz CT molecular complexity index is 441. The number of anilines is 1. The minimum atomic E-state index is -0.358. The number of nitro groups is 1. The lowest BCUT2D eigenvalue weighted by Crippen LogP contribution is -2.18. The Balaban J connectivity index is 2.23. The van der Waals surface area contributed by atoms with Crippen molar-refractivity contribution in [1.82, 2.24) is 9.78 Å². The molecule has 1 saturated carbocycles. The summed E-state index contributed by atoms with van der Waals surface area (Å²) in [5.74, 6) is 1.23. The molecule has 2 atom stereocenters. The van der Waals surface area contributed by atoms with E-state index in [4.69, 9.17) is 0 Å². The second-order valence-electron chi connectivity index (χ2n) is 4.92. The van der Waals surface area contributed by atoms with E-state index in [2.05, 4.69) is 17.3 Å². The molecular weight excluding hydrogens is 220 g/mol. The first kappa shape index (κ1) is 11.9. The first-order valence-corrected chi connectivity index (χ1v) is 5.93. The van der Waals surface area contributed by atoms with Crippen molar-refractivity contribution < 1.29 is 4.92 Å². The van der Waals surface area contributed by atoms with Crippen LogP contribution in [0, 0.1) is 23.0 Å². The van der Waals surface area contributed by atoms with Gasteiger partial charge in [0, 0.05) is 13.1 Å². The summed E-state index contributed by atoms with van der Waals surface area (Å²) in [7, 11) is 1.74. The summed E-state index contributed by atoms with van der Waals surface area (Å²) in [5.41, 5.74) is 0.568. The van der Waals surface area contributed by atoms with Crippen molar-refractivity contribution in [2.75, 3.05) is 5.32 Å². The highest BCUT2D eigenvalue weighted by Gasteiger charge is 2.28. The van der Waals surface area contributed by atoms with E-state index in [0.29, 0.717) is 23.5 Å². The van der Waals surface area contributed by atoms with E-state index in [1.54, 1.807) is 18.7 Å². The fourth-order valence-corrected chi connectivity index (χ4v) is 2.56. The van der Waals surface area contributed by atoms with Crippen molar-refractivity contribution in [1.29, 1.82) is 0 Å². The zero-order valence-electron chi connectivity index (χ0n) is 10.4. The van der Waals surface area contributed by atoms with Gasteiger partial charge < -0.3 is 5.32 Å². The summed E-state index contributed by atoms with van der Waals surface area (Å²) in [5, 5.41) is 18.4. The Morgan fingerprint density at radius 1 is 1.53 bits per heavy atom. The minimum Gasteiger partial charge on any atom is -0.362 e. The van der Waals surface area contributed by atoms with E-state index in [1.165, 1.54) is 6.42 Å². The van der Waals surface area contributed by atoms with Gasteiger partial charge in [-0.15, -0.1) is 0 Å². The summed E-state index contributed by atoms with van der Waals surface area (Å²) in [6, 6.07) is 0.332. The van der Waals surface area contributed by atoms with Gasteiger partial charge >= 0.3 is 5.69 Å². The van der Waals surface area contributed by atoms with Gasteiger partial charge in [0.25, 0.3) is 0 Å². The van der Waals surface area contributed by atoms with Crippen LogP contribution in [0.1, 0.15) is 31.9 Å². The summed E-state index contributed by atoms with van der Waals surface area (Å²) in [6.45, 7) is 3.88. The van der Waals surface area contributed by atoms with E-state index in [0.717, 1.165) is 12.8 Å². The van der Waals surface area contributed by atoms with Crippen molar-refractivity contribution >= 4 is 11.5 Å². The fraction of sp³-hybridized carbons (Fsp3) is 0.727. The van der Waals surface area contributed by atoms with Crippen LogP contribution in [0.5, 0.6) is 0 Å². The average Bonchev–Trinajstić information content (AvgIpc) is 2.72. The monoisotopic (exact) mass is 238 g/mol. The normalized spacial score (nSPS) is 23.9. The Morgan fingerprint density at radius 2 is 2.24 bits per heavy atom. The van der Waals surface area contributed by atoms with Gasteiger partial charge in [-0.3, -0.25) is 10.1 Å². The predicted octanol–water partition coefficient (Wildman–Crippen LogP) is 2.24. The molecule has 0 aromatic carbocycles. The summed E-state index contributed by atoms with van der Waals surface area (Å²) in [6.07, 6.45) is 3.33. The zero-order chi connectivity index (χ0) is 12.6. The molecule has 6 heteroatoms. The number of nitrogens with zero attached hydrogens (tertiary/aromatic N) is 3. The molecule has 1 aliphatic carbocycles.